The Labute approximate surface area is 138 Å². The van der Waals surface area contributed by atoms with Gasteiger partial charge in [-0.05, 0) is 12.1 Å². The zero-order chi connectivity index (χ0) is 16.3. The second-order valence-corrected chi connectivity index (χ2v) is 6.41. The van der Waals surface area contributed by atoms with Crippen molar-refractivity contribution >= 4 is 11.9 Å². The van der Waals surface area contributed by atoms with Crippen LogP contribution in [0.3, 0.4) is 0 Å². The van der Waals surface area contributed by atoms with Gasteiger partial charge in [-0.3, -0.25) is 4.79 Å². The van der Waals surface area contributed by atoms with Gasteiger partial charge in [0.1, 0.15) is 23.6 Å². The van der Waals surface area contributed by atoms with Crippen molar-refractivity contribution in [3.8, 4) is 11.5 Å². The van der Waals surface area contributed by atoms with Gasteiger partial charge >= 0.3 is 5.97 Å². The molecule has 2 aromatic rings. The zero-order valence-electron chi connectivity index (χ0n) is 12.8. The van der Waals surface area contributed by atoms with E-state index in [0.717, 1.165) is 11.1 Å². The topological polar surface area (TPSA) is 55.8 Å². The average Bonchev–Trinajstić information content (AvgIpc) is 3.18. The Bertz CT molecular complexity index is 816. The van der Waals surface area contributed by atoms with Gasteiger partial charge in [-0.15, -0.1) is 0 Å². The van der Waals surface area contributed by atoms with Crippen LogP contribution in [0.2, 0.25) is 0 Å². The highest BCUT2D eigenvalue weighted by Crippen LogP contribution is 2.45. The third-order valence-electron chi connectivity index (χ3n) is 5.03. The van der Waals surface area contributed by atoms with E-state index in [1.165, 1.54) is 0 Å². The normalized spacial score (nSPS) is 24.2. The van der Waals surface area contributed by atoms with Crippen molar-refractivity contribution in [3.63, 3.8) is 0 Å². The number of carbonyl (C=O) groups excluding carboxylic acids is 2. The number of hydrogen-bond donors (Lipinski definition) is 0. The van der Waals surface area contributed by atoms with E-state index in [2.05, 4.69) is 0 Å². The molecule has 5 rings (SSSR count). The summed E-state index contributed by atoms with van der Waals surface area (Å²) in [5.74, 6) is 0.608. The second kappa shape index (κ2) is 4.84. The van der Waals surface area contributed by atoms with Crippen molar-refractivity contribution in [2.24, 2.45) is 0 Å². The van der Waals surface area contributed by atoms with Crippen molar-refractivity contribution in [1.82, 2.24) is 4.90 Å². The largest absolute Gasteiger partial charge is 0.459 e. The van der Waals surface area contributed by atoms with Crippen LogP contribution in [0.1, 0.15) is 23.5 Å². The first-order chi connectivity index (χ1) is 11.7. The zero-order valence-corrected chi connectivity index (χ0v) is 12.8. The summed E-state index contributed by atoms with van der Waals surface area (Å²) in [6, 6.07) is 14.7. The minimum atomic E-state index is -0.446. The number of hydrogen-bond acceptors (Lipinski definition) is 4. The minimum Gasteiger partial charge on any atom is -0.459 e. The van der Waals surface area contributed by atoms with Crippen LogP contribution in [0.25, 0.3) is 0 Å². The number of para-hydroxylation sites is 2. The molecule has 5 heteroatoms. The van der Waals surface area contributed by atoms with E-state index in [9.17, 15) is 9.59 Å². The first-order valence-electron chi connectivity index (χ1n) is 8.09. The third-order valence-corrected chi connectivity index (χ3v) is 5.03. The summed E-state index contributed by atoms with van der Waals surface area (Å²) in [5.41, 5.74) is 1.69. The lowest BCUT2D eigenvalue weighted by Crippen LogP contribution is -2.46. The fourth-order valence-corrected chi connectivity index (χ4v) is 3.93. The predicted molar refractivity (Wildman–Crippen MR) is 84.8 cm³/mol. The van der Waals surface area contributed by atoms with Gasteiger partial charge < -0.3 is 14.4 Å². The fourth-order valence-electron chi connectivity index (χ4n) is 3.93. The number of benzene rings is 2. The molecule has 3 aliphatic heterocycles. The van der Waals surface area contributed by atoms with Crippen LogP contribution < -0.4 is 4.74 Å². The van der Waals surface area contributed by atoms with Gasteiger partial charge in [-0.25, -0.2) is 4.79 Å². The van der Waals surface area contributed by atoms with Crippen LogP contribution in [0.15, 0.2) is 48.5 Å². The number of rotatable bonds is 1. The Balaban J connectivity index is 1.60. The van der Waals surface area contributed by atoms with Crippen molar-refractivity contribution in [1.29, 1.82) is 0 Å². The monoisotopic (exact) mass is 321 g/mol. The summed E-state index contributed by atoms with van der Waals surface area (Å²) >= 11 is 0. The van der Waals surface area contributed by atoms with Crippen LogP contribution in [-0.4, -0.2) is 35.5 Å². The number of ether oxygens (including phenoxy) is 2. The van der Waals surface area contributed by atoms with Crippen molar-refractivity contribution in [3.05, 3.63) is 59.7 Å². The maximum Gasteiger partial charge on any atom is 0.329 e. The summed E-state index contributed by atoms with van der Waals surface area (Å²) in [4.78, 5) is 26.9. The third kappa shape index (κ3) is 1.81. The Kier molecular flexibility index (Phi) is 2.74. The molecule has 24 heavy (non-hydrogen) atoms. The number of amides is 1. The molecule has 0 spiro atoms. The van der Waals surface area contributed by atoms with Crippen molar-refractivity contribution in [2.75, 3.05) is 6.54 Å². The van der Waals surface area contributed by atoms with Gasteiger partial charge in [0.2, 0.25) is 5.91 Å². The second-order valence-electron chi connectivity index (χ2n) is 6.41. The summed E-state index contributed by atoms with van der Waals surface area (Å²) < 4.78 is 11.2. The van der Waals surface area contributed by atoms with E-state index in [-0.39, 0.29) is 18.0 Å². The molecule has 0 saturated carbocycles. The molecule has 0 radical (unpaired) electrons. The van der Waals surface area contributed by atoms with E-state index >= 15 is 0 Å². The molecule has 0 aliphatic carbocycles. The lowest BCUT2D eigenvalue weighted by atomic mass is 9.86. The molecule has 2 saturated heterocycles. The minimum absolute atomic E-state index is 0.0534. The van der Waals surface area contributed by atoms with Crippen LogP contribution in [-0.2, 0) is 14.3 Å². The predicted octanol–water partition coefficient (Wildman–Crippen LogP) is 2.45. The first-order valence-corrected chi connectivity index (χ1v) is 8.09. The number of esters is 1. The lowest BCUT2D eigenvalue weighted by molar-refractivity contribution is -0.157. The average molecular weight is 321 g/mol. The molecule has 5 nitrogen and oxygen atoms in total. The summed E-state index contributed by atoms with van der Waals surface area (Å²) in [5, 5.41) is 0. The van der Waals surface area contributed by atoms with Crippen LogP contribution in [0.4, 0.5) is 0 Å². The highest BCUT2D eigenvalue weighted by molar-refractivity contribution is 5.94. The summed E-state index contributed by atoms with van der Waals surface area (Å²) in [6.45, 7) is 0.483. The van der Waals surface area contributed by atoms with Gasteiger partial charge in [-0.2, -0.15) is 0 Å². The Morgan fingerprint density at radius 2 is 1.62 bits per heavy atom. The molecule has 3 aliphatic rings. The highest BCUT2D eigenvalue weighted by Gasteiger charge is 2.50. The smallest absolute Gasteiger partial charge is 0.329 e. The Hall–Kier alpha value is -2.82. The van der Waals surface area contributed by atoms with Gasteiger partial charge in [0.25, 0.3) is 0 Å². The van der Waals surface area contributed by atoms with E-state index in [1.807, 2.05) is 48.5 Å². The van der Waals surface area contributed by atoms with Gasteiger partial charge in [0, 0.05) is 17.5 Å². The summed E-state index contributed by atoms with van der Waals surface area (Å²) in [6.07, 6.45) is 0.452. The molecule has 1 amide bonds. The van der Waals surface area contributed by atoms with E-state index in [1.54, 1.807) is 4.90 Å². The maximum absolute atomic E-state index is 13.3. The molecular formula is C19H15NO4. The van der Waals surface area contributed by atoms with E-state index in [0.29, 0.717) is 24.5 Å². The number of fused-ring (bicyclic) bond motifs is 4. The molecule has 2 bridgehead atoms. The van der Waals surface area contributed by atoms with Crippen LogP contribution >= 0.6 is 0 Å². The summed E-state index contributed by atoms with van der Waals surface area (Å²) in [7, 11) is 0. The molecule has 2 fully saturated rings. The molecule has 0 aromatic heterocycles. The van der Waals surface area contributed by atoms with E-state index in [4.69, 9.17) is 9.47 Å². The number of nitrogens with zero attached hydrogens (tertiary/aromatic N) is 1. The first kappa shape index (κ1) is 13.6. The molecule has 0 unspecified atom stereocenters. The molecule has 3 heterocycles. The molecular weight excluding hydrogens is 306 g/mol. The lowest BCUT2D eigenvalue weighted by Gasteiger charge is -2.33. The Morgan fingerprint density at radius 3 is 2.21 bits per heavy atom. The van der Waals surface area contributed by atoms with Crippen molar-refractivity contribution in [2.45, 2.75) is 24.5 Å². The number of carbonyl (C=O) groups is 2. The quantitative estimate of drug-likeness (QED) is 0.757. The van der Waals surface area contributed by atoms with Gasteiger partial charge in [-0.1, -0.05) is 36.4 Å². The van der Waals surface area contributed by atoms with Crippen LogP contribution in [0, 0.1) is 0 Å². The standard InChI is InChI=1S/C19H15NO4/c21-18(20-10-11-9-14(20)19(22)23-11)17-12-5-1-3-7-15(12)24-16-8-4-2-6-13(16)17/h1-8,11,14,17H,9-10H2/t11-,14+/m0/s1. The number of morpholine rings is 1. The van der Waals surface area contributed by atoms with Gasteiger partial charge in [0.15, 0.2) is 0 Å². The van der Waals surface area contributed by atoms with Crippen molar-refractivity contribution < 1.29 is 19.1 Å². The molecule has 120 valence electrons. The molecule has 0 N–H and O–H groups in total. The number of likely N-dealkylation sites (tertiary alicyclic amines) is 1. The Morgan fingerprint density at radius 1 is 1.00 bits per heavy atom. The van der Waals surface area contributed by atoms with Crippen LogP contribution in [0.5, 0.6) is 11.5 Å². The maximum atomic E-state index is 13.3. The SMILES string of the molecule is O=C1O[C@H]2C[C@H]1N(C(=O)C1c3ccccc3Oc3ccccc31)C2. The fraction of sp³-hybridized carbons (Fsp3) is 0.263. The molecule has 2 atom stereocenters. The van der Waals surface area contributed by atoms with E-state index < -0.39 is 12.0 Å². The highest BCUT2D eigenvalue weighted by atomic mass is 16.6. The van der Waals surface area contributed by atoms with Gasteiger partial charge in [0.05, 0.1) is 12.5 Å². The molecule has 2 aromatic carbocycles.